The van der Waals surface area contributed by atoms with Crippen molar-refractivity contribution in [3.05, 3.63) is 58.1 Å². The van der Waals surface area contributed by atoms with Crippen LogP contribution in [0, 0.1) is 10.1 Å². The Hall–Kier alpha value is -3.62. The summed E-state index contributed by atoms with van der Waals surface area (Å²) in [5.74, 6) is 0.709. The lowest BCUT2D eigenvalue weighted by Gasteiger charge is -2.24. The topological polar surface area (TPSA) is 112 Å². The van der Waals surface area contributed by atoms with Crippen LogP contribution >= 0.6 is 0 Å². The number of hydrogen-bond acceptors (Lipinski definition) is 7. The first-order valence-corrected chi connectivity index (χ1v) is 7.62. The van der Waals surface area contributed by atoms with Crippen molar-refractivity contribution in [2.75, 3.05) is 13.7 Å². The predicted octanol–water partition coefficient (Wildman–Crippen LogP) is 1.89. The Bertz CT molecular complexity index is 867. The van der Waals surface area contributed by atoms with Gasteiger partial charge < -0.3 is 14.2 Å². The van der Waals surface area contributed by atoms with Gasteiger partial charge in [-0.25, -0.2) is 5.43 Å². The number of carbonyl (C=O) groups is 1. The maximum Gasteiger partial charge on any atom is 0.311 e. The van der Waals surface area contributed by atoms with Crippen LogP contribution in [0.2, 0.25) is 0 Å². The van der Waals surface area contributed by atoms with E-state index < -0.39 is 16.9 Å². The summed E-state index contributed by atoms with van der Waals surface area (Å²) < 4.78 is 15.9. The quantitative estimate of drug-likeness (QED) is 0.497. The van der Waals surface area contributed by atoms with E-state index in [2.05, 4.69) is 10.5 Å². The molecule has 0 aromatic heterocycles. The number of hydrogen-bond donors (Lipinski definition) is 1. The highest BCUT2D eigenvalue weighted by molar-refractivity contribution is 5.85. The van der Waals surface area contributed by atoms with Crippen LogP contribution < -0.4 is 19.6 Å². The normalized spacial score (nSPS) is 15.5. The smallest absolute Gasteiger partial charge is 0.311 e. The van der Waals surface area contributed by atoms with Crippen LogP contribution in [0.4, 0.5) is 5.69 Å². The molecule has 1 atom stereocenters. The van der Waals surface area contributed by atoms with Crippen LogP contribution in [0.3, 0.4) is 0 Å². The molecule has 0 fully saturated rings. The molecule has 9 heteroatoms. The van der Waals surface area contributed by atoms with E-state index in [0.29, 0.717) is 17.1 Å². The summed E-state index contributed by atoms with van der Waals surface area (Å²) in [6, 6.07) is 11.4. The molecule has 9 nitrogen and oxygen atoms in total. The van der Waals surface area contributed by atoms with Gasteiger partial charge in [-0.05, 0) is 24.3 Å². The first-order chi connectivity index (χ1) is 12.6. The minimum atomic E-state index is -0.841. The fraction of sp³-hybridized carbons (Fsp3) is 0.176. The number of para-hydroxylation sites is 2. The van der Waals surface area contributed by atoms with Crippen molar-refractivity contribution in [1.82, 2.24) is 5.43 Å². The van der Waals surface area contributed by atoms with Gasteiger partial charge in [0.1, 0.15) is 6.61 Å². The number of amides is 1. The Kier molecular flexibility index (Phi) is 4.97. The van der Waals surface area contributed by atoms with Gasteiger partial charge in [0.2, 0.25) is 6.10 Å². The molecule has 3 rings (SSSR count). The molecule has 0 spiro atoms. The second kappa shape index (κ2) is 7.51. The van der Waals surface area contributed by atoms with Gasteiger partial charge >= 0.3 is 5.69 Å². The second-order valence-corrected chi connectivity index (χ2v) is 5.29. The molecule has 1 unspecified atom stereocenters. The Labute approximate surface area is 148 Å². The van der Waals surface area contributed by atoms with E-state index in [-0.39, 0.29) is 18.0 Å². The zero-order valence-electron chi connectivity index (χ0n) is 13.7. The van der Waals surface area contributed by atoms with Crippen molar-refractivity contribution < 1.29 is 23.9 Å². The first kappa shape index (κ1) is 17.2. The summed E-state index contributed by atoms with van der Waals surface area (Å²) in [5, 5.41) is 14.8. The van der Waals surface area contributed by atoms with E-state index in [9.17, 15) is 14.9 Å². The summed E-state index contributed by atoms with van der Waals surface area (Å²) in [5.41, 5.74) is 2.58. The van der Waals surface area contributed by atoms with Crippen molar-refractivity contribution in [2.45, 2.75) is 6.10 Å². The molecule has 0 bridgehead atoms. The zero-order chi connectivity index (χ0) is 18.5. The minimum Gasteiger partial charge on any atom is -0.490 e. The SMILES string of the molecule is COc1ccc(/C=N/NC(=O)C2COc3ccccc3O2)cc1[N+](=O)[O-]. The first-order valence-electron chi connectivity index (χ1n) is 7.62. The summed E-state index contributed by atoms with van der Waals surface area (Å²) in [4.78, 5) is 22.6. The van der Waals surface area contributed by atoms with Crippen LogP contribution in [0.1, 0.15) is 5.56 Å². The lowest BCUT2D eigenvalue weighted by atomic mass is 10.2. The van der Waals surface area contributed by atoms with Gasteiger partial charge in [0, 0.05) is 11.6 Å². The Morgan fingerprint density at radius 3 is 2.85 bits per heavy atom. The molecular formula is C17H15N3O6. The number of hydrazone groups is 1. The highest BCUT2D eigenvalue weighted by Crippen LogP contribution is 2.31. The molecule has 1 aliphatic heterocycles. The third-order valence-corrected chi connectivity index (χ3v) is 3.59. The summed E-state index contributed by atoms with van der Waals surface area (Å²) in [6.45, 7) is 0.0619. The van der Waals surface area contributed by atoms with Crippen LogP contribution in [-0.4, -0.2) is 36.9 Å². The average molecular weight is 357 g/mol. The molecule has 0 saturated heterocycles. The van der Waals surface area contributed by atoms with E-state index >= 15 is 0 Å². The number of nitrogens with one attached hydrogen (secondary N) is 1. The fourth-order valence-electron chi connectivity index (χ4n) is 2.32. The lowest BCUT2D eigenvalue weighted by molar-refractivity contribution is -0.385. The molecule has 1 amide bonds. The Morgan fingerprint density at radius 1 is 1.35 bits per heavy atom. The van der Waals surface area contributed by atoms with Crippen LogP contribution in [-0.2, 0) is 4.79 Å². The number of ether oxygens (including phenoxy) is 3. The van der Waals surface area contributed by atoms with Crippen molar-refractivity contribution in [3.8, 4) is 17.2 Å². The van der Waals surface area contributed by atoms with Gasteiger partial charge in [0.05, 0.1) is 18.2 Å². The minimum absolute atomic E-state index is 0.0619. The molecule has 26 heavy (non-hydrogen) atoms. The van der Waals surface area contributed by atoms with E-state index in [1.807, 2.05) is 0 Å². The number of benzene rings is 2. The average Bonchev–Trinajstić information content (AvgIpc) is 2.67. The third-order valence-electron chi connectivity index (χ3n) is 3.59. The zero-order valence-corrected chi connectivity index (χ0v) is 13.7. The molecule has 1 heterocycles. The van der Waals surface area contributed by atoms with Gasteiger partial charge in [-0.15, -0.1) is 0 Å². The molecule has 1 N–H and O–H groups in total. The fourth-order valence-corrected chi connectivity index (χ4v) is 2.32. The largest absolute Gasteiger partial charge is 0.490 e. The Balaban J connectivity index is 1.63. The van der Waals surface area contributed by atoms with Crippen LogP contribution in [0.25, 0.3) is 0 Å². The highest BCUT2D eigenvalue weighted by Gasteiger charge is 2.27. The van der Waals surface area contributed by atoms with Crippen molar-refractivity contribution in [2.24, 2.45) is 5.10 Å². The lowest BCUT2D eigenvalue weighted by Crippen LogP contribution is -2.42. The van der Waals surface area contributed by atoms with Gasteiger partial charge in [0.15, 0.2) is 17.2 Å². The number of methoxy groups -OCH3 is 1. The number of nitrogens with zero attached hydrogens (tertiary/aromatic N) is 2. The van der Waals surface area contributed by atoms with Crippen LogP contribution in [0.5, 0.6) is 17.2 Å². The molecule has 0 saturated carbocycles. The monoisotopic (exact) mass is 357 g/mol. The maximum absolute atomic E-state index is 12.1. The number of fused-ring (bicyclic) bond motifs is 1. The summed E-state index contributed by atoms with van der Waals surface area (Å²) >= 11 is 0. The molecule has 2 aromatic carbocycles. The predicted molar refractivity (Wildman–Crippen MR) is 91.7 cm³/mol. The maximum atomic E-state index is 12.1. The van der Waals surface area contributed by atoms with Crippen molar-refractivity contribution in [1.29, 1.82) is 0 Å². The molecule has 1 aliphatic rings. The molecule has 0 radical (unpaired) electrons. The van der Waals surface area contributed by atoms with E-state index in [0.717, 1.165) is 0 Å². The van der Waals surface area contributed by atoms with Crippen molar-refractivity contribution >= 4 is 17.8 Å². The number of nitro benzene ring substituents is 1. The molecular weight excluding hydrogens is 342 g/mol. The molecule has 0 aliphatic carbocycles. The number of rotatable bonds is 5. The summed E-state index contributed by atoms with van der Waals surface area (Å²) in [6.07, 6.45) is 0.453. The number of carbonyl (C=O) groups excluding carboxylic acids is 1. The molecule has 134 valence electrons. The number of nitro groups is 1. The second-order valence-electron chi connectivity index (χ2n) is 5.29. The van der Waals surface area contributed by atoms with Gasteiger partial charge in [-0.1, -0.05) is 12.1 Å². The highest BCUT2D eigenvalue weighted by atomic mass is 16.6. The van der Waals surface area contributed by atoms with E-state index in [4.69, 9.17) is 14.2 Å². The summed E-state index contributed by atoms with van der Waals surface area (Å²) in [7, 11) is 1.35. The third kappa shape index (κ3) is 3.72. The standard InChI is InChI=1S/C17H15N3O6/c1-24-13-7-6-11(8-12(13)20(22)23)9-18-19-17(21)16-10-25-14-4-2-3-5-15(14)26-16/h2-9,16H,10H2,1H3,(H,19,21)/b18-9+. The molecule has 2 aromatic rings. The van der Waals surface area contributed by atoms with Gasteiger partial charge in [-0.3, -0.25) is 14.9 Å². The van der Waals surface area contributed by atoms with Gasteiger partial charge in [0.25, 0.3) is 5.91 Å². The van der Waals surface area contributed by atoms with Gasteiger partial charge in [-0.2, -0.15) is 5.10 Å². The Morgan fingerprint density at radius 2 is 2.12 bits per heavy atom. The van der Waals surface area contributed by atoms with Crippen LogP contribution in [0.15, 0.2) is 47.6 Å². The van der Waals surface area contributed by atoms with E-state index in [1.54, 1.807) is 30.3 Å². The van der Waals surface area contributed by atoms with Crippen molar-refractivity contribution in [3.63, 3.8) is 0 Å². The van der Waals surface area contributed by atoms with E-state index in [1.165, 1.54) is 25.5 Å².